The van der Waals surface area contributed by atoms with Crippen LogP contribution < -0.4 is 5.73 Å². The molecule has 0 saturated carbocycles. The van der Waals surface area contributed by atoms with Gasteiger partial charge < -0.3 is 5.73 Å². The summed E-state index contributed by atoms with van der Waals surface area (Å²) in [7, 11) is 0. The summed E-state index contributed by atoms with van der Waals surface area (Å²) in [5.74, 6) is -0.417. The second-order valence-corrected chi connectivity index (χ2v) is 1.78. The molecule has 1 amide bonds. The third kappa shape index (κ3) is 2.87. The monoisotopic (exact) mass is 137 g/mol. The number of hydrogen-bond donors (Lipinski definition) is 1. The van der Waals surface area contributed by atoms with Crippen LogP contribution in [0.4, 0.5) is 0 Å². The van der Waals surface area contributed by atoms with E-state index in [9.17, 15) is 4.79 Å². The highest BCUT2D eigenvalue weighted by Crippen LogP contribution is 1.99. The van der Waals surface area contributed by atoms with E-state index >= 15 is 0 Å². The maximum absolute atomic E-state index is 10.5. The second-order valence-electron chi connectivity index (χ2n) is 1.78. The van der Waals surface area contributed by atoms with Gasteiger partial charge in [-0.05, 0) is 6.42 Å². The van der Waals surface area contributed by atoms with E-state index in [0.29, 0.717) is 12.0 Å². The molecule has 0 rings (SSSR count). The lowest BCUT2D eigenvalue weighted by molar-refractivity contribution is -0.114. The van der Waals surface area contributed by atoms with Crippen LogP contribution in [0, 0.1) is 0 Å². The van der Waals surface area contributed by atoms with Crippen molar-refractivity contribution in [3.63, 3.8) is 0 Å². The van der Waals surface area contributed by atoms with Gasteiger partial charge in [0.1, 0.15) is 0 Å². The van der Waals surface area contributed by atoms with E-state index in [1.54, 1.807) is 12.2 Å². The molecular weight excluding hydrogens is 126 g/mol. The van der Waals surface area contributed by atoms with E-state index in [-0.39, 0.29) is 0 Å². The summed E-state index contributed by atoms with van der Waals surface area (Å²) in [5.41, 5.74) is 5.54. The van der Waals surface area contributed by atoms with Crippen LogP contribution in [0.1, 0.15) is 6.42 Å². The standard InChI is InChI=1S/C8H11NO/c1-3-5-7(6-4-2)8(9)10/h3-5H,1-2,6H2,(H2,9,10). The molecule has 10 heavy (non-hydrogen) atoms. The molecule has 0 radical (unpaired) electrons. The Kier molecular flexibility index (Phi) is 3.96. The van der Waals surface area contributed by atoms with Gasteiger partial charge in [0.15, 0.2) is 0 Å². The largest absolute Gasteiger partial charge is 0.366 e. The normalized spacial score (nSPS) is 10.6. The van der Waals surface area contributed by atoms with Crippen LogP contribution in [0.2, 0.25) is 0 Å². The second kappa shape index (κ2) is 4.56. The first kappa shape index (κ1) is 8.69. The van der Waals surface area contributed by atoms with Crippen LogP contribution in [-0.4, -0.2) is 5.91 Å². The molecule has 2 N–H and O–H groups in total. The fourth-order valence-corrected chi connectivity index (χ4v) is 0.549. The highest BCUT2D eigenvalue weighted by molar-refractivity contribution is 5.92. The van der Waals surface area contributed by atoms with Gasteiger partial charge in [0.25, 0.3) is 0 Å². The molecule has 0 aromatic heterocycles. The van der Waals surface area contributed by atoms with E-state index in [4.69, 9.17) is 5.73 Å². The summed E-state index contributed by atoms with van der Waals surface area (Å²) in [6, 6.07) is 0. The van der Waals surface area contributed by atoms with Gasteiger partial charge in [-0.15, -0.1) is 6.58 Å². The van der Waals surface area contributed by atoms with Gasteiger partial charge in [-0.25, -0.2) is 0 Å². The zero-order valence-corrected chi connectivity index (χ0v) is 5.84. The van der Waals surface area contributed by atoms with Crippen LogP contribution in [0.3, 0.4) is 0 Å². The molecule has 0 unspecified atom stereocenters. The van der Waals surface area contributed by atoms with E-state index in [2.05, 4.69) is 13.2 Å². The highest BCUT2D eigenvalue weighted by atomic mass is 16.1. The number of hydrogen-bond acceptors (Lipinski definition) is 1. The van der Waals surface area contributed by atoms with Crippen LogP contribution >= 0.6 is 0 Å². The molecule has 0 saturated heterocycles. The van der Waals surface area contributed by atoms with Gasteiger partial charge in [-0.2, -0.15) is 0 Å². The molecule has 0 bridgehead atoms. The minimum Gasteiger partial charge on any atom is -0.366 e. The average Bonchev–Trinajstić information content (AvgIpc) is 1.87. The molecule has 0 aliphatic carbocycles. The zero-order chi connectivity index (χ0) is 7.98. The predicted octanol–water partition coefficient (Wildman–Crippen LogP) is 1.16. The van der Waals surface area contributed by atoms with E-state index in [0.717, 1.165) is 0 Å². The fourth-order valence-electron chi connectivity index (χ4n) is 0.549. The predicted molar refractivity (Wildman–Crippen MR) is 42.3 cm³/mol. The SMILES string of the molecule is C=CC=C(CC=C)C(N)=O. The fraction of sp³-hybridized carbons (Fsp3) is 0.125. The quantitative estimate of drug-likeness (QED) is 0.352. The molecule has 0 aliphatic rings. The number of amides is 1. The topological polar surface area (TPSA) is 43.1 Å². The van der Waals surface area contributed by atoms with E-state index < -0.39 is 5.91 Å². The van der Waals surface area contributed by atoms with Crippen molar-refractivity contribution in [2.24, 2.45) is 5.73 Å². The lowest BCUT2D eigenvalue weighted by atomic mass is 10.1. The number of allylic oxidation sites excluding steroid dienone is 3. The number of carbonyl (C=O) groups is 1. The van der Waals surface area contributed by atoms with Gasteiger partial charge in [-0.1, -0.05) is 24.8 Å². The molecule has 0 heterocycles. The lowest BCUT2D eigenvalue weighted by Crippen LogP contribution is -2.13. The molecule has 0 fully saturated rings. The van der Waals surface area contributed by atoms with Crippen LogP contribution in [0.15, 0.2) is 37.0 Å². The van der Waals surface area contributed by atoms with Crippen molar-refractivity contribution >= 4 is 5.91 Å². The first-order valence-electron chi connectivity index (χ1n) is 2.94. The molecule has 2 nitrogen and oxygen atoms in total. The van der Waals surface area contributed by atoms with Gasteiger partial charge >= 0.3 is 0 Å². The van der Waals surface area contributed by atoms with Crippen molar-refractivity contribution in [1.29, 1.82) is 0 Å². The average molecular weight is 137 g/mol. The Bertz CT molecular complexity index is 180. The van der Waals surface area contributed by atoms with E-state index in [1.165, 1.54) is 6.08 Å². The highest BCUT2D eigenvalue weighted by Gasteiger charge is 1.98. The smallest absolute Gasteiger partial charge is 0.244 e. The summed E-state index contributed by atoms with van der Waals surface area (Å²) < 4.78 is 0. The minimum absolute atomic E-state index is 0.417. The Labute approximate surface area is 60.7 Å². The third-order valence-electron chi connectivity index (χ3n) is 1.000. The van der Waals surface area contributed by atoms with Crippen molar-refractivity contribution in [2.75, 3.05) is 0 Å². The van der Waals surface area contributed by atoms with Crippen molar-refractivity contribution in [3.05, 3.63) is 37.0 Å². The summed E-state index contributed by atoms with van der Waals surface area (Å²) in [6.07, 6.45) is 5.25. The number of rotatable bonds is 4. The van der Waals surface area contributed by atoms with Crippen LogP contribution in [0.25, 0.3) is 0 Å². The van der Waals surface area contributed by atoms with Crippen molar-refractivity contribution < 1.29 is 4.79 Å². The van der Waals surface area contributed by atoms with Crippen LogP contribution in [-0.2, 0) is 4.79 Å². The number of carbonyl (C=O) groups excluding carboxylic acids is 1. The Balaban J connectivity index is 4.24. The van der Waals surface area contributed by atoms with Gasteiger partial charge in [0.05, 0.1) is 0 Å². The maximum atomic E-state index is 10.5. The summed E-state index contributed by atoms with van der Waals surface area (Å²) >= 11 is 0. The molecule has 54 valence electrons. The van der Waals surface area contributed by atoms with Gasteiger partial charge in [0.2, 0.25) is 5.91 Å². The first-order chi connectivity index (χ1) is 4.72. The molecule has 0 spiro atoms. The number of nitrogens with two attached hydrogens (primary N) is 1. The Morgan fingerprint density at radius 2 is 2.10 bits per heavy atom. The van der Waals surface area contributed by atoms with Crippen LogP contribution in [0.5, 0.6) is 0 Å². The Morgan fingerprint density at radius 1 is 1.50 bits per heavy atom. The Hall–Kier alpha value is -1.31. The van der Waals surface area contributed by atoms with Gasteiger partial charge in [-0.3, -0.25) is 4.79 Å². The Morgan fingerprint density at radius 3 is 2.40 bits per heavy atom. The molecule has 0 aromatic rings. The minimum atomic E-state index is -0.417. The maximum Gasteiger partial charge on any atom is 0.244 e. The van der Waals surface area contributed by atoms with Crippen molar-refractivity contribution in [1.82, 2.24) is 0 Å². The molecular formula is C8H11NO. The third-order valence-corrected chi connectivity index (χ3v) is 1.000. The molecule has 2 heteroatoms. The van der Waals surface area contributed by atoms with Crippen molar-refractivity contribution in [2.45, 2.75) is 6.42 Å². The molecule has 0 aliphatic heterocycles. The van der Waals surface area contributed by atoms with Gasteiger partial charge in [0, 0.05) is 5.57 Å². The van der Waals surface area contributed by atoms with Crippen molar-refractivity contribution in [3.8, 4) is 0 Å². The summed E-state index contributed by atoms with van der Waals surface area (Å²) in [4.78, 5) is 10.5. The summed E-state index contributed by atoms with van der Waals surface area (Å²) in [5, 5.41) is 0. The molecule has 0 aromatic carbocycles. The summed E-state index contributed by atoms with van der Waals surface area (Å²) in [6.45, 7) is 6.93. The lowest BCUT2D eigenvalue weighted by Gasteiger charge is -1.94. The van der Waals surface area contributed by atoms with E-state index in [1.807, 2.05) is 0 Å². The molecule has 0 atom stereocenters. The zero-order valence-electron chi connectivity index (χ0n) is 5.84. The number of primary amides is 1. The first-order valence-corrected chi connectivity index (χ1v) is 2.94.